The number of para-hydroxylation sites is 1. The third-order valence-corrected chi connectivity index (χ3v) is 23.4. The summed E-state index contributed by atoms with van der Waals surface area (Å²) in [4.78, 5) is 27.2. The average molecular weight is 1150 g/mol. The van der Waals surface area contributed by atoms with Gasteiger partial charge in [0.05, 0.1) is 11.3 Å². The summed E-state index contributed by atoms with van der Waals surface area (Å²) >= 11 is 9.50. The number of hydrogen-bond donors (Lipinski definition) is 1. The third-order valence-electron chi connectivity index (χ3n) is 16.3. The number of nitrogens with zero attached hydrogens (tertiary/aromatic N) is 3. The van der Waals surface area contributed by atoms with E-state index in [1.165, 1.54) is 135 Å². The Kier molecular flexibility index (Phi) is 16.9. The van der Waals surface area contributed by atoms with Gasteiger partial charge in [-0.25, -0.2) is 4.79 Å². The zero-order valence-electron chi connectivity index (χ0n) is 46.2. The molecule has 0 amide bonds. The number of allylic oxidation sites excluding steroid dienone is 5. The van der Waals surface area contributed by atoms with Crippen molar-refractivity contribution in [2.24, 2.45) is 5.92 Å². The Morgan fingerprint density at radius 2 is 1.36 bits per heavy atom. The second kappa shape index (κ2) is 24.9. The standard InChI is InChI=1S/C71H67N3O2S5/c1-4-6-8-12-26-51-40-64(68-52(27-13-9-7-5-2)39-62(79-68)63-44-66-70(80-63)69-65(78-66)43-59(77-69)38-53(45-72)71(75)76)81-67(51)60-41-58(73(54-28-14-10-15-29-54)56-34-32-47-22-18-20-24-49(47)36-56)42-61(46(60)3)74(55-30-16-11-17-31-55)57-35-33-48-23-19-21-25-50(48)37-57/h10-11,14-25,28-30,32-44,46,55,60,66,70H,4-9,12-13,26-27,31H2,1-3H3,(H,75,76)/b53-38-. The van der Waals surface area contributed by atoms with Crippen LogP contribution in [0.1, 0.15) is 120 Å². The van der Waals surface area contributed by atoms with Crippen molar-refractivity contribution >= 4 is 113 Å². The number of thioether (sulfide) groups is 2. The van der Waals surface area contributed by atoms with E-state index in [0.717, 1.165) is 41.9 Å². The first kappa shape index (κ1) is 55.0. The Morgan fingerprint density at radius 1 is 0.679 bits per heavy atom. The number of aryl methyl sites for hydroxylation is 2. The molecule has 5 atom stereocenters. The number of nitriles is 1. The molecule has 81 heavy (non-hydrogen) atoms. The van der Waals surface area contributed by atoms with Crippen molar-refractivity contribution in [3.63, 3.8) is 0 Å². The van der Waals surface area contributed by atoms with Gasteiger partial charge in [0.25, 0.3) is 0 Å². The van der Waals surface area contributed by atoms with Crippen LogP contribution in [-0.4, -0.2) is 22.4 Å². The van der Waals surface area contributed by atoms with E-state index in [0.29, 0.717) is 5.25 Å². The van der Waals surface area contributed by atoms with E-state index in [1.807, 2.05) is 40.9 Å². The number of carboxylic acid groups (broad SMARTS) is 1. The van der Waals surface area contributed by atoms with Crippen LogP contribution < -0.4 is 9.80 Å². The first-order chi connectivity index (χ1) is 39.7. The monoisotopic (exact) mass is 1150 g/mol. The van der Waals surface area contributed by atoms with Crippen LogP contribution in [0, 0.1) is 17.2 Å². The van der Waals surface area contributed by atoms with Crippen LogP contribution in [0.25, 0.3) is 42.3 Å². The van der Waals surface area contributed by atoms with Crippen LogP contribution in [0.4, 0.5) is 17.1 Å². The lowest BCUT2D eigenvalue weighted by molar-refractivity contribution is -0.132. The van der Waals surface area contributed by atoms with E-state index in [4.69, 9.17) is 0 Å². The molecule has 0 fully saturated rings. The highest BCUT2D eigenvalue weighted by molar-refractivity contribution is 8.11. The van der Waals surface area contributed by atoms with E-state index in [9.17, 15) is 15.2 Å². The smallest absolute Gasteiger partial charge is 0.346 e. The molecule has 8 aromatic rings. The van der Waals surface area contributed by atoms with Crippen LogP contribution >= 0.6 is 57.5 Å². The van der Waals surface area contributed by atoms with Crippen molar-refractivity contribution in [2.45, 2.75) is 119 Å². The van der Waals surface area contributed by atoms with E-state index < -0.39 is 5.97 Å². The number of hydrogen-bond acceptors (Lipinski definition) is 9. The Hall–Kier alpha value is -6.58. The lowest BCUT2D eigenvalue weighted by Gasteiger charge is -2.42. The molecule has 5 nitrogen and oxygen atoms in total. The van der Waals surface area contributed by atoms with E-state index in [2.05, 4.69) is 218 Å². The highest BCUT2D eigenvalue weighted by atomic mass is 32.2. The molecule has 5 heterocycles. The summed E-state index contributed by atoms with van der Waals surface area (Å²) in [5.41, 5.74) is 8.69. The summed E-state index contributed by atoms with van der Waals surface area (Å²) in [6.45, 7) is 7.11. The summed E-state index contributed by atoms with van der Waals surface area (Å²) < 4.78 is 0. The van der Waals surface area contributed by atoms with E-state index in [1.54, 1.807) is 11.3 Å². The second-order valence-corrected chi connectivity index (χ2v) is 27.4. The number of anilines is 3. The van der Waals surface area contributed by atoms with Gasteiger partial charge in [-0.15, -0.1) is 57.5 Å². The van der Waals surface area contributed by atoms with Gasteiger partial charge in [-0.3, -0.25) is 0 Å². The first-order valence-electron chi connectivity index (χ1n) is 28.9. The normalized spacial score (nSPS) is 19.3. The molecule has 1 N–H and O–H groups in total. The van der Waals surface area contributed by atoms with Crippen LogP contribution in [0.5, 0.6) is 0 Å². The SMILES string of the molecule is CCCCCCc1cc(C2=CC3Sc4cc(/C=C(/C#N)C(=O)O)sc4C3S2)sc1-c1cc(CCCCCC)c(C2C=C(N(c3ccccc3)c3ccc4ccccc4c3)C=C(N(c3ccc4ccccc4c3)C3C=CC=CC3)C2C)s1. The molecule has 0 spiro atoms. The lowest BCUT2D eigenvalue weighted by Crippen LogP contribution is -2.39. The van der Waals surface area contributed by atoms with Crippen LogP contribution in [0.15, 0.2) is 198 Å². The zero-order chi connectivity index (χ0) is 55.4. The molecule has 5 unspecified atom stereocenters. The molecule has 2 aliphatic heterocycles. The fourth-order valence-corrected chi connectivity index (χ4v) is 19.6. The Morgan fingerprint density at radius 3 is 2.05 bits per heavy atom. The van der Waals surface area contributed by atoms with Crippen molar-refractivity contribution in [2.75, 3.05) is 9.80 Å². The van der Waals surface area contributed by atoms with Crippen molar-refractivity contribution in [3.8, 4) is 15.8 Å². The van der Waals surface area contributed by atoms with Crippen LogP contribution in [0.2, 0.25) is 0 Å². The topological polar surface area (TPSA) is 67.6 Å². The van der Waals surface area contributed by atoms with Gasteiger partial charge in [0, 0.05) is 84.6 Å². The molecular formula is C71H67N3O2S5. The third kappa shape index (κ3) is 11.6. The summed E-state index contributed by atoms with van der Waals surface area (Å²) in [6.07, 6.45) is 31.0. The molecule has 10 heteroatoms. The van der Waals surface area contributed by atoms with Gasteiger partial charge in [-0.1, -0.05) is 175 Å². The largest absolute Gasteiger partial charge is 0.477 e. The van der Waals surface area contributed by atoms with Gasteiger partial charge in [0.1, 0.15) is 11.6 Å². The molecule has 0 bridgehead atoms. The maximum atomic E-state index is 11.7. The summed E-state index contributed by atoms with van der Waals surface area (Å²) in [7, 11) is 0. The molecular weight excluding hydrogens is 1090 g/mol. The Labute approximate surface area is 498 Å². The maximum Gasteiger partial charge on any atom is 0.346 e. The van der Waals surface area contributed by atoms with Gasteiger partial charge in [0.15, 0.2) is 0 Å². The number of aliphatic carboxylic acids is 1. The first-order valence-corrected chi connectivity index (χ1v) is 33.1. The minimum atomic E-state index is -1.19. The average Bonchev–Trinajstić information content (AvgIpc) is 4.56. The molecule has 2 aliphatic carbocycles. The number of rotatable bonds is 21. The van der Waals surface area contributed by atoms with Crippen molar-refractivity contribution in [1.29, 1.82) is 5.26 Å². The summed E-state index contributed by atoms with van der Waals surface area (Å²) in [5.74, 6) is -0.977. The maximum absolute atomic E-state index is 11.7. The molecule has 12 rings (SSSR count). The summed E-state index contributed by atoms with van der Waals surface area (Å²) in [5, 5.41) is 24.6. The number of benzene rings is 5. The molecule has 0 saturated carbocycles. The van der Waals surface area contributed by atoms with Gasteiger partial charge in [-0.2, -0.15) is 5.26 Å². The Balaban J connectivity index is 0.992. The second-order valence-electron chi connectivity index (χ2n) is 21.8. The fraction of sp³-hybridized carbons (Fsp3) is 0.268. The van der Waals surface area contributed by atoms with Gasteiger partial charge >= 0.3 is 5.97 Å². The number of fused-ring (bicyclic) bond motifs is 5. The molecule has 3 aromatic heterocycles. The highest BCUT2D eigenvalue weighted by Crippen LogP contribution is 2.63. The number of carbonyl (C=O) groups is 1. The Bertz CT molecular complexity index is 3860. The fourth-order valence-electron chi connectivity index (χ4n) is 12.1. The van der Waals surface area contributed by atoms with E-state index >= 15 is 0 Å². The van der Waals surface area contributed by atoms with E-state index in [-0.39, 0.29) is 28.7 Å². The molecule has 5 aromatic carbocycles. The van der Waals surface area contributed by atoms with Crippen molar-refractivity contribution < 1.29 is 9.90 Å². The van der Waals surface area contributed by atoms with Crippen molar-refractivity contribution in [1.82, 2.24) is 0 Å². The molecule has 4 aliphatic rings. The van der Waals surface area contributed by atoms with Gasteiger partial charge < -0.3 is 14.9 Å². The number of unbranched alkanes of at least 4 members (excludes halogenated alkanes) is 6. The lowest BCUT2D eigenvalue weighted by atomic mass is 9.81. The minimum absolute atomic E-state index is 0.0778. The van der Waals surface area contributed by atoms with Gasteiger partial charge in [0.2, 0.25) is 0 Å². The van der Waals surface area contributed by atoms with Crippen LogP contribution in [-0.2, 0) is 17.6 Å². The predicted molar refractivity (Wildman–Crippen MR) is 351 cm³/mol. The number of thiophene rings is 3. The van der Waals surface area contributed by atoms with Gasteiger partial charge in [-0.05, 0) is 132 Å². The summed E-state index contributed by atoms with van der Waals surface area (Å²) in [6, 6.07) is 51.7. The molecule has 408 valence electrons. The molecule has 0 saturated heterocycles. The van der Waals surface area contributed by atoms with Crippen LogP contribution in [0.3, 0.4) is 0 Å². The predicted octanol–water partition coefficient (Wildman–Crippen LogP) is 21.1. The quantitative estimate of drug-likeness (QED) is 0.0437. The van der Waals surface area contributed by atoms with Crippen molar-refractivity contribution in [3.05, 3.63) is 224 Å². The highest BCUT2D eigenvalue weighted by Gasteiger charge is 2.41. The molecule has 0 radical (unpaired) electrons. The zero-order valence-corrected chi connectivity index (χ0v) is 50.3. The minimum Gasteiger partial charge on any atom is -0.477 e. The number of carboxylic acids is 1.